The SMILES string of the molecule is CC.CCCN.CCNC=O.Cc1cnc[nH]1. The molecule has 5 heteroatoms. The predicted molar refractivity (Wildman–Crippen MR) is 73.8 cm³/mol. The number of aromatic nitrogens is 2. The maximum absolute atomic E-state index is 9.29. The van der Waals surface area contributed by atoms with Gasteiger partial charge in [-0.2, -0.15) is 0 Å². The summed E-state index contributed by atoms with van der Waals surface area (Å²) in [5, 5.41) is 2.43. The lowest BCUT2D eigenvalue weighted by Gasteiger charge is -1.78. The van der Waals surface area contributed by atoms with E-state index < -0.39 is 0 Å². The van der Waals surface area contributed by atoms with E-state index in [4.69, 9.17) is 5.73 Å². The molecule has 102 valence electrons. The minimum atomic E-state index is 0.681. The molecule has 0 unspecified atom stereocenters. The molecule has 1 aromatic rings. The molecule has 1 aromatic heterocycles. The van der Waals surface area contributed by atoms with Crippen LogP contribution in [0.2, 0.25) is 0 Å². The van der Waals surface area contributed by atoms with Crippen molar-refractivity contribution in [2.45, 2.75) is 41.0 Å². The molecule has 17 heavy (non-hydrogen) atoms. The number of nitrogens with one attached hydrogen (secondary N) is 2. The van der Waals surface area contributed by atoms with Crippen molar-refractivity contribution in [3.05, 3.63) is 18.2 Å². The number of nitrogens with two attached hydrogens (primary N) is 1. The first-order valence-corrected chi connectivity index (χ1v) is 6.04. The van der Waals surface area contributed by atoms with Crippen LogP contribution in [0.25, 0.3) is 0 Å². The molecule has 0 saturated carbocycles. The van der Waals surface area contributed by atoms with Gasteiger partial charge in [-0.3, -0.25) is 4.79 Å². The number of hydrogen-bond acceptors (Lipinski definition) is 3. The lowest BCUT2D eigenvalue weighted by Crippen LogP contribution is -2.07. The van der Waals surface area contributed by atoms with Crippen molar-refractivity contribution in [3.63, 3.8) is 0 Å². The van der Waals surface area contributed by atoms with Crippen LogP contribution in [0.4, 0.5) is 0 Å². The Kier molecular flexibility index (Phi) is 29.7. The molecule has 0 fully saturated rings. The normalized spacial score (nSPS) is 7.18. The van der Waals surface area contributed by atoms with Gasteiger partial charge >= 0.3 is 0 Å². The van der Waals surface area contributed by atoms with E-state index in [-0.39, 0.29) is 0 Å². The Hall–Kier alpha value is -1.36. The number of amides is 1. The zero-order valence-corrected chi connectivity index (χ0v) is 11.8. The zero-order chi connectivity index (χ0) is 13.9. The van der Waals surface area contributed by atoms with Crippen molar-refractivity contribution in [2.75, 3.05) is 13.1 Å². The highest BCUT2D eigenvalue weighted by atomic mass is 16.1. The zero-order valence-electron chi connectivity index (χ0n) is 11.8. The fourth-order valence-electron chi connectivity index (χ4n) is 0.409. The first-order chi connectivity index (χ1) is 8.22. The second-order valence-corrected chi connectivity index (χ2v) is 2.70. The molecule has 0 aromatic carbocycles. The van der Waals surface area contributed by atoms with Gasteiger partial charge in [-0.1, -0.05) is 20.8 Å². The van der Waals surface area contributed by atoms with Crippen molar-refractivity contribution in [1.29, 1.82) is 0 Å². The van der Waals surface area contributed by atoms with Gasteiger partial charge in [0.15, 0.2) is 0 Å². The van der Waals surface area contributed by atoms with Gasteiger partial charge in [0.2, 0.25) is 6.41 Å². The van der Waals surface area contributed by atoms with Gasteiger partial charge in [-0.25, -0.2) is 4.98 Å². The topological polar surface area (TPSA) is 83.8 Å². The first kappa shape index (κ1) is 21.0. The molecule has 5 nitrogen and oxygen atoms in total. The number of rotatable bonds is 3. The Morgan fingerprint density at radius 1 is 1.47 bits per heavy atom. The van der Waals surface area contributed by atoms with Gasteiger partial charge in [-0.05, 0) is 26.8 Å². The van der Waals surface area contributed by atoms with E-state index in [2.05, 4.69) is 22.2 Å². The number of aryl methyl sites for hydroxylation is 1. The molecule has 0 atom stereocenters. The van der Waals surface area contributed by atoms with E-state index in [9.17, 15) is 4.79 Å². The fraction of sp³-hybridized carbons (Fsp3) is 0.667. The van der Waals surface area contributed by atoms with Crippen LogP contribution in [0.3, 0.4) is 0 Å². The Balaban J connectivity index is -0.000000165. The first-order valence-electron chi connectivity index (χ1n) is 6.04. The van der Waals surface area contributed by atoms with Crippen LogP contribution in [0, 0.1) is 6.92 Å². The van der Waals surface area contributed by atoms with Crippen LogP contribution in [-0.4, -0.2) is 29.5 Å². The number of carbonyl (C=O) groups is 1. The molecule has 1 rings (SSSR count). The summed E-state index contributed by atoms with van der Waals surface area (Å²) in [4.78, 5) is 15.9. The van der Waals surface area contributed by atoms with Gasteiger partial charge in [-0.15, -0.1) is 0 Å². The highest BCUT2D eigenvalue weighted by Crippen LogP contribution is 1.81. The Bertz CT molecular complexity index is 198. The summed E-state index contributed by atoms with van der Waals surface area (Å²) in [6, 6.07) is 0. The maximum Gasteiger partial charge on any atom is 0.207 e. The highest BCUT2D eigenvalue weighted by molar-refractivity contribution is 5.45. The second-order valence-electron chi connectivity index (χ2n) is 2.70. The number of imidazole rings is 1. The van der Waals surface area contributed by atoms with Crippen molar-refractivity contribution in [1.82, 2.24) is 15.3 Å². The van der Waals surface area contributed by atoms with E-state index in [1.54, 1.807) is 12.5 Å². The van der Waals surface area contributed by atoms with Crippen molar-refractivity contribution >= 4 is 6.41 Å². The van der Waals surface area contributed by atoms with E-state index >= 15 is 0 Å². The molecule has 0 aliphatic heterocycles. The van der Waals surface area contributed by atoms with Crippen LogP contribution < -0.4 is 11.1 Å². The van der Waals surface area contributed by atoms with Crippen molar-refractivity contribution < 1.29 is 4.79 Å². The molecule has 0 bridgehead atoms. The number of aromatic amines is 1. The van der Waals surface area contributed by atoms with E-state index in [0.29, 0.717) is 6.41 Å². The van der Waals surface area contributed by atoms with Crippen LogP contribution in [-0.2, 0) is 4.79 Å². The Morgan fingerprint density at radius 2 is 2.00 bits per heavy atom. The third-order valence-electron chi connectivity index (χ3n) is 1.21. The molecule has 0 aliphatic rings. The average molecular weight is 244 g/mol. The molecule has 4 N–H and O–H groups in total. The van der Waals surface area contributed by atoms with E-state index in [1.165, 1.54) is 0 Å². The Labute approximate surface area is 105 Å². The van der Waals surface area contributed by atoms with Gasteiger partial charge in [0, 0.05) is 18.4 Å². The second kappa shape index (κ2) is 24.1. The predicted octanol–water partition coefficient (Wildman–Crippen LogP) is 1.85. The van der Waals surface area contributed by atoms with Gasteiger partial charge < -0.3 is 16.0 Å². The lowest BCUT2D eigenvalue weighted by atomic mass is 10.5. The highest BCUT2D eigenvalue weighted by Gasteiger charge is 1.73. The minimum Gasteiger partial charge on any atom is -0.359 e. The van der Waals surface area contributed by atoms with Gasteiger partial charge in [0.1, 0.15) is 0 Å². The largest absolute Gasteiger partial charge is 0.359 e. The fourth-order valence-corrected chi connectivity index (χ4v) is 0.409. The van der Waals surface area contributed by atoms with Crippen molar-refractivity contribution in [2.24, 2.45) is 5.73 Å². The van der Waals surface area contributed by atoms with Crippen LogP contribution >= 0.6 is 0 Å². The monoisotopic (exact) mass is 244 g/mol. The van der Waals surface area contributed by atoms with E-state index in [1.807, 2.05) is 27.7 Å². The Morgan fingerprint density at radius 3 is 2.06 bits per heavy atom. The van der Waals surface area contributed by atoms with Gasteiger partial charge in [0.05, 0.1) is 6.33 Å². The third kappa shape index (κ3) is 31.3. The van der Waals surface area contributed by atoms with Crippen LogP contribution in [0.5, 0.6) is 0 Å². The molecule has 0 radical (unpaired) electrons. The lowest BCUT2D eigenvalue weighted by molar-refractivity contribution is -0.109. The summed E-state index contributed by atoms with van der Waals surface area (Å²) in [7, 11) is 0. The number of nitrogens with zero attached hydrogens (tertiary/aromatic N) is 1. The van der Waals surface area contributed by atoms with Crippen LogP contribution in [0.1, 0.15) is 39.8 Å². The summed E-state index contributed by atoms with van der Waals surface area (Å²) in [6.07, 6.45) is 5.22. The molecule has 1 heterocycles. The number of carbonyl (C=O) groups excluding carboxylic acids is 1. The summed E-state index contributed by atoms with van der Waals surface area (Å²) in [5.74, 6) is 0. The molecule has 0 saturated heterocycles. The molecular weight excluding hydrogens is 216 g/mol. The summed E-state index contributed by atoms with van der Waals surface area (Å²) in [5.41, 5.74) is 6.13. The average Bonchev–Trinajstić information content (AvgIpc) is 2.85. The smallest absolute Gasteiger partial charge is 0.207 e. The standard InChI is InChI=1S/C4H6N2.C3H7NO.C3H9N.C2H6/c1-4-2-5-3-6-4;1-2-4-3-5;1-2-3-4;1-2/h2-3H,1H3,(H,5,6);3H,2H2,1H3,(H,4,5);2-4H2,1H3;1-2H3. The number of hydrogen-bond donors (Lipinski definition) is 3. The minimum absolute atomic E-state index is 0.681. The number of H-pyrrole nitrogens is 1. The summed E-state index contributed by atoms with van der Waals surface area (Å²) < 4.78 is 0. The summed E-state index contributed by atoms with van der Waals surface area (Å²) >= 11 is 0. The van der Waals surface area contributed by atoms with Gasteiger partial charge in [0.25, 0.3) is 0 Å². The molecule has 1 amide bonds. The van der Waals surface area contributed by atoms with E-state index in [0.717, 1.165) is 25.2 Å². The maximum atomic E-state index is 9.29. The van der Waals surface area contributed by atoms with Crippen molar-refractivity contribution in [3.8, 4) is 0 Å². The summed E-state index contributed by atoms with van der Waals surface area (Å²) in [6.45, 7) is 11.4. The molecule has 0 aliphatic carbocycles. The quantitative estimate of drug-likeness (QED) is 0.709. The molecular formula is C12H28N4O. The third-order valence-corrected chi connectivity index (χ3v) is 1.21. The van der Waals surface area contributed by atoms with Crippen LogP contribution in [0.15, 0.2) is 12.5 Å². The molecule has 0 spiro atoms.